The van der Waals surface area contributed by atoms with Crippen LogP contribution in [0.25, 0.3) is 0 Å². The smallest absolute Gasteiger partial charge is 0.233 e. The van der Waals surface area contributed by atoms with E-state index in [-0.39, 0.29) is 24.9 Å². The Balaban J connectivity index is 0.00000225. The number of hydrogen-bond acceptors (Lipinski definition) is 2. The van der Waals surface area contributed by atoms with Gasteiger partial charge >= 0.3 is 0 Å². The fraction of sp³-hybridized carbons (Fsp3) is 0.417. The average molecular weight is 243 g/mol. The molecule has 1 atom stereocenters. The van der Waals surface area contributed by atoms with Crippen molar-refractivity contribution in [1.29, 1.82) is 0 Å². The highest BCUT2D eigenvalue weighted by atomic mass is 35.5. The molecule has 0 spiro atoms. The molecule has 0 heterocycles. The monoisotopic (exact) mass is 242 g/mol. The van der Waals surface area contributed by atoms with Gasteiger partial charge in [0, 0.05) is 6.54 Å². The van der Waals surface area contributed by atoms with Crippen LogP contribution in [-0.4, -0.2) is 19.0 Å². The molecule has 1 unspecified atom stereocenters. The summed E-state index contributed by atoms with van der Waals surface area (Å²) in [5, 5.41) is 2.78. The number of carbonyl (C=O) groups excluding carboxylic acids is 1. The molecule has 0 aliphatic carbocycles. The van der Waals surface area contributed by atoms with Crippen molar-refractivity contribution < 1.29 is 4.79 Å². The summed E-state index contributed by atoms with van der Waals surface area (Å²) in [6.45, 7) is 4.84. The van der Waals surface area contributed by atoms with E-state index in [1.165, 1.54) is 11.1 Å². The summed E-state index contributed by atoms with van der Waals surface area (Å²) in [6.07, 6.45) is 0. The predicted octanol–water partition coefficient (Wildman–Crippen LogP) is 1.60. The number of amides is 1. The van der Waals surface area contributed by atoms with E-state index in [4.69, 9.17) is 5.73 Å². The van der Waals surface area contributed by atoms with Gasteiger partial charge in [-0.05, 0) is 18.4 Å². The van der Waals surface area contributed by atoms with E-state index < -0.39 is 0 Å². The number of hydrogen-bond donors (Lipinski definition) is 2. The minimum absolute atomic E-state index is 0. The zero-order valence-corrected chi connectivity index (χ0v) is 10.5. The maximum atomic E-state index is 11.0. The number of benzene rings is 1. The highest BCUT2D eigenvalue weighted by Crippen LogP contribution is 2.14. The first-order chi connectivity index (χ1) is 7.13. The molecule has 90 valence electrons. The van der Waals surface area contributed by atoms with Gasteiger partial charge in [-0.2, -0.15) is 0 Å². The zero-order valence-electron chi connectivity index (χ0n) is 9.69. The van der Waals surface area contributed by atoms with Gasteiger partial charge in [0.25, 0.3) is 0 Å². The minimum atomic E-state index is -0.103. The largest absolute Gasteiger partial charge is 0.354 e. The standard InChI is InChI=1S/C12H18N2O.ClH/c1-9-3-5-11(6-4-9)10(2)8-14-12(15)7-13;/h3-6,10H,7-8,13H2,1-2H3,(H,14,15);1H. The molecule has 0 fully saturated rings. The highest BCUT2D eigenvalue weighted by Gasteiger charge is 2.06. The number of halogens is 1. The van der Waals surface area contributed by atoms with Gasteiger partial charge in [0.15, 0.2) is 0 Å². The summed E-state index contributed by atoms with van der Waals surface area (Å²) in [5.41, 5.74) is 7.69. The first-order valence-electron chi connectivity index (χ1n) is 5.17. The highest BCUT2D eigenvalue weighted by molar-refractivity contribution is 5.85. The molecule has 1 aromatic rings. The normalized spacial score (nSPS) is 11.4. The Morgan fingerprint density at radius 3 is 2.44 bits per heavy atom. The van der Waals surface area contributed by atoms with Crippen molar-refractivity contribution in [2.24, 2.45) is 5.73 Å². The lowest BCUT2D eigenvalue weighted by Crippen LogP contribution is -2.32. The summed E-state index contributed by atoms with van der Waals surface area (Å²) >= 11 is 0. The third kappa shape index (κ3) is 4.64. The van der Waals surface area contributed by atoms with Crippen LogP contribution in [0.15, 0.2) is 24.3 Å². The molecule has 0 saturated heterocycles. The van der Waals surface area contributed by atoms with E-state index in [0.29, 0.717) is 12.5 Å². The molecule has 1 amide bonds. The molecule has 3 N–H and O–H groups in total. The molecule has 0 radical (unpaired) electrons. The first-order valence-corrected chi connectivity index (χ1v) is 5.17. The van der Waals surface area contributed by atoms with Crippen molar-refractivity contribution >= 4 is 18.3 Å². The van der Waals surface area contributed by atoms with Gasteiger partial charge in [-0.15, -0.1) is 12.4 Å². The Kier molecular flexibility index (Phi) is 6.77. The second kappa shape index (κ2) is 7.25. The first kappa shape index (κ1) is 14.9. The van der Waals surface area contributed by atoms with Crippen LogP contribution in [0.4, 0.5) is 0 Å². The second-order valence-electron chi connectivity index (χ2n) is 3.82. The fourth-order valence-electron chi connectivity index (χ4n) is 1.35. The van der Waals surface area contributed by atoms with E-state index in [2.05, 4.69) is 43.4 Å². The van der Waals surface area contributed by atoms with Crippen molar-refractivity contribution in [2.45, 2.75) is 19.8 Å². The molecule has 0 saturated carbocycles. The molecule has 4 heteroatoms. The lowest BCUT2D eigenvalue weighted by atomic mass is 10.00. The van der Waals surface area contributed by atoms with Crippen molar-refractivity contribution in [1.82, 2.24) is 5.32 Å². The van der Waals surface area contributed by atoms with Gasteiger partial charge in [-0.3, -0.25) is 4.79 Å². The molecule has 0 aromatic heterocycles. The summed E-state index contributed by atoms with van der Waals surface area (Å²) in [7, 11) is 0. The van der Waals surface area contributed by atoms with Gasteiger partial charge in [0.05, 0.1) is 6.54 Å². The lowest BCUT2D eigenvalue weighted by molar-refractivity contribution is -0.119. The predicted molar refractivity (Wildman–Crippen MR) is 68.9 cm³/mol. The zero-order chi connectivity index (χ0) is 11.3. The number of aryl methyl sites for hydroxylation is 1. The van der Waals surface area contributed by atoms with Crippen molar-refractivity contribution in [3.63, 3.8) is 0 Å². The fourth-order valence-corrected chi connectivity index (χ4v) is 1.35. The van der Waals surface area contributed by atoms with E-state index >= 15 is 0 Å². The van der Waals surface area contributed by atoms with Crippen LogP contribution < -0.4 is 11.1 Å². The topological polar surface area (TPSA) is 55.1 Å². The van der Waals surface area contributed by atoms with Crippen molar-refractivity contribution in [2.75, 3.05) is 13.1 Å². The molecule has 0 aliphatic rings. The maximum absolute atomic E-state index is 11.0. The number of carbonyl (C=O) groups is 1. The lowest BCUT2D eigenvalue weighted by Gasteiger charge is -2.12. The molecule has 0 bridgehead atoms. The SMILES string of the molecule is Cc1ccc(C(C)CNC(=O)CN)cc1.Cl. The van der Waals surface area contributed by atoms with E-state index in [1.807, 2.05) is 0 Å². The number of nitrogens with two attached hydrogens (primary N) is 1. The summed E-state index contributed by atoms with van der Waals surface area (Å²) in [6, 6.07) is 8.34. The molecule has 0 aliphatic heterocycles. The molecular weight excluding hydrogens is 224 g/mol. The third-order valence-corrected chi connectivity index (χ3v) is 2.44. The van der Waals surface area contributed by atoms with E-state index in [9.17, 15) is 4.79 Å². The van der Waals surface area contributed by atoms with Crippen LogP contribution in [-0.2, 0) is 4.79 Å². The third-order valence-electron chi connectivity index (χ3n) is 2.44. The summed E-state index contributed by atoms with van der Waals surface area (Å²) in [4.78, 5) is 11.0. The Bertz CT molecular complexity index is 324. The van der Waals surface area contributed by atoms with Crippen LogP contribution in [0.2, 0.25) is 0 Å². The van der Waals surface area contributed by atoms with Gasteiger partial charge in [0.1, 0.15) is 0 Å². The Morgan fingerprint density at radius 2 is 1.94 bits per heavy atom. The summed E-state index contributed by atoms with van der Waals surface area (Å²) < 4.78 is 0. The Hall–Kier alpha value is -1.06. The molecule has 1 rings (SSSR count). The van der Waals surface area contributed by atoms with Crippen LogP contribution in [0.5, 0.6) is 0 Å². The van der Waals surface area contributed by atoms with Crippen LogP contribution in [0.1, 0.15) is 24.0 Å². The number of rotatable bonds is 4. The van der Waals surface area contributed by atoms with Crippen LogP contribution in [0, 0.1) is 6.92 Å². The van der Waals surface area contributed by atoms with Gasteiger partial charge in [-0.1, -0.05) is 36.8 Å². The van der Waals surface area contributed by atoms with Crippen molar-refractivity contribution in [3.05, 3.63) is 35.4 Å². The Labute approximate surface area is 103 Å². The second-order valence-corrected chi connectivity index (χ2v) is 3.82. The van der Waals surface area contributed by atoms with Crippen molar-refractivity contribution in [3.8, 4) is 0 Å². The van der Waals surface area contributed by atoms with E-state index in [1.54, 1.807) is 0 Å². The molecule has 16 heavy (non-hydrogen) atoms. The van der Waals surface area contributed by atoms with Crippen LogP contribution >= 0.6 is 12.4 Å². The Morgan fingerprint density at radius 1 is 1.38 bits per heavy atom. The van der Waals surface area contributed by atoms with Gasteiger partial charge in [0.2, 0.25) is 5.91 Å². The van der Waals surface area contributed by atoms with E-state index in [0.717, 1.165) is 0 Å². The molecule has 3 nitrogen and oxygen atoms in total. The summed E-state index contributed by atoms with van der Waals surface area (Å²) in [5.74, 6) is 0.218. The van der Waals surface area contributed by atoms with Gasteiger partial charge in [-0.25, -0.2) is 0 Å². The number of nitrogens with one attached hydrogen (secondary N) is 1. The van der Waals surface area contributed by atoms with Gasteiger partial charge < -0.3 is 11.1 Å². The van der Waals surface area contributed by atoms with Crippen LogP contribution in [0.3, 0.4) is 0 Å². The molecule has 1 aromatic carbocycles. The minimum Gasteiger partial charge on any atom is -0.354 e. The average Bonchev–Trinajstić information content (AvgIpc) is 2.26. The maximum Gasteiger partial charge on any atom is 0.233 e. The quantitative estimate of drug-likeness (QED) is 0.843. The molecular formula is C12H19ClN2O.